The van der Waals surface area contributed by atoms with E-state index in [2.05, 4.69) is 10.2 Å². The number of methoxy groups -OCH3 is 1. The summed E-state index contributed by atoms with van der Waals surface area (Å²) in [6, 6.07) is 17.7. The van der Waals surface area contributed by atoms with Crippen LogP contribution in [0, 0.1) is 5.82 Å². The molecular weight excluding hydrogens is 565 g/mol. The van der Waals surface area contributed by atoms with Crippen molar-refractivity contribution in [3.63, 3.8) is 0 Å². The second-order valence-corrected chi connectivity index (χ2v) is 11.8. The highest BCUT2D eigenvalue weighted by atomic mass is 32.2. The standard InChI is InChI=1S/C30H24FN3O5S2/c1-16-13-20-14-18(9-12-23(20)39-16)26(35)24-25(17-7-10-21(38-2)11-8-17)34(28(37)27(24)36)29-32-33-30(41-29)40-15-19-5-3-4-6-22(19)31/h3-12,14,16,25,35H,13,15H2,1-2H3/b26-24+. The van der Waals surface area contributed by atoms with Crippen molar-refractivity contribution in [3.8, 4) is 11.5 Å². The van der Waals surface area contributed by atoms with Crippen molar-refractivity contribution in [3.05, 3.63) is 100 Å². The molecule has 0 spiro atoms. The number of thioether (sulfide) groups is 1. The quantitative estimate of drug-likeness (QED) is 0.0931. The van der Waals surface area contributed by atoms with Gasteiger partial charge in [0.25, 0.3) is 5.78 Å². The fourth-order valence-electron chi connectivity index (χ4n) is 4.97. The largest absolute Gasteiger partial charge is 0.507 e. The van der Waals surface area contributed by atoms with Crippen molar-refractivity contribution in [2.75, 3.05) is 12.0 Å². The number of aliphatic hydroxyl groups excluding tert-OH is 1. The Balaban J connectivity index is 1.39. The molecule has 3 aromatic carbocycles. The molecular formula is C30H24FN3O5S2. The Labute approximate surface area is 243 Å². The molecule has 0 bridgehead atoms. The number of amides is 1. The number of rotatable bonds is 7. The lowest BCUT2D eigenvalue weighted by Crippen LogP contribution is -2.29. The molecule has 11 heteroatoms. The number of nitrogens with zero attached hydrogens (tertiary/aromatic N) is 3. The van der Waals surface area contributed by atoms with E-state index in [1.807, 2.05) is 6.92 Å². The molecule has 2 unspecified atom stereocenters. The maximum Gasteiger partial charge on any atom is 0.301 e. The van der Waals surface area contributed by atoms with Crippen LogP contribution in [0.5, 0.6) is 11.5 Å². The summed E-state index contributed by atoms with van der Waals surface area (Å²) >= 11 is 2.40. The van der Waals surface area contributed by atoms with Crippen LogP contribution in [-0.2, 0) is 21.8 Å². The summed E-state index contributed by atoms with van der Waals surface area (Å²) in [5.41, 5.74) is 2.37. The first-order chi connectivity index (χ1) is 19.8. The Morgan fingerprint density at radius 3 is 2.68 bits per heavy atom. The number of anilines is 1. The fourth-order valence-corrected chi connectivity index (χ4v) is 6.82. The second kappa shape index (κ2) is 11.0. The minimum atomic E-state index is -0.957. The van der Waals surface area contributed by atoms with Gasteiger partial charge in [0.1, 0.15) is 29.2 Å². The van der Waals surface area contributed by atoms with Gasteiger partial charge in [-0.1, -0.05) is 53.4 Å². The molecule has 6 rings (SSSR count). The number of aromatic nitrogens is 2. The number of hydrogen-bond acceptors (Lipinski definition) is 9. The van der Waals surface area contributed by atoms with Crippen molar-refractivity contribution in [2.24, 2.45) is 0 Å². The van der Waals surface area contributed by atoms with E-state index in [4.69, 9.17) is 9.47 Å². The van der Waals surface area contributed by atoms with E-state index in [-0.39, 0.29) is 28.4 Å². The molecule has 41 heavy (non-hydrogen) atoms. The number of halogens is 1. The summed E-state index contributed by atoms with van der Waals surface area (Å²) in [5.74, 6) is -0.605. The third kappa shape index (κ3) is 5.07. The number of benzene rings is 3. The summed E-state index contributed by atoms with van der Waals surface area (Å²) in [6.07, 6.45) is 0.681. The van der Waals surface area contributed by atoms with Gasteiger partial charge in [0.2, 0.25) is 5.13 Å². The molecule has 8 nitrogen and oxygen atoms in total. The zero-order chi connectivity index (χ0) is 28.7. The Kier molecular flexibility index (Phi) is 7.22. The minimum Gasteiger partial charge on any atom is -0.507 e. The van der Waals surface area contributed by atoms with Crippen LogP contribution in [0.25, 0.3) is 5.76 Å². The summed E-state index contributed by atoms with van der Waals surface area (Å²) in [7, 11) is 1.54. The van der Waals surface area contributed by atoms with Crippen LogP contribution in [0.4, 0.5) is 9.52 Å². The van der Waals surface area contributed by atoms with Crippen molar-refractivity contribution in [2.45, 2.75) is 35.6 Å². The molecule has 1 aromatic heterocycles. The second-order valence-electron chi connectivity index (χ2n) is 9.63. The van der Waals surface area contributed by atoms with Crippen LogP contribution in [-0.4, -0.2) is 40.2 Å². The van der Waals surface area contributed by atoms with Gasteiger partial charge >= 0.3 is 5.91 Å². The van der Waals surface area contributed by atoms with Crippen LogP contribution in [0.3, 0.4) is 0 Å². The van der Waals surface area contributed by atoms with Crippen LogP contribution < -0.4 is 14.4 Å². The summed E-state index contributed by atoms with van der Waals surface area (Å²) < 4.78 is 25.7. The van der Waals surface area contributed by atoms with Gasteiger partial charge < -0.3 is 14.6 Å². The van der Waals surface area contributed by atoms with Gasteiger partial charge in [0.15, 0.2) is 4.34 Å². The van der Waals surface area contributed by atoms with E-state index in [0.717, 1.165) is 22.6 Å². The van der Waals surface area contributed by atoms with Crippen LogP contribution >= 0.6 is 23.1 Å². The van der Waals surface area contributed by atoms with Gasteiger partial charge in [0.05, 0.1) is 18.7 Å². The molecule has 1 saturated heterocycles. The number of ether oxygens (including phenoxy) is 2. The lowest BCUT2D eigenvalue weighted by molar-refractivity contribution is -0.132. The number of Topliss-reactive ketones (excluding diaryl/α,β-unsaturated/α-hetero) is 1. The normalized spacial score (nSPS) is 19.3. The predicted octanol–water partition coefficient (Wildman–Crippen LogP) is 5.93. The van der Waals surface area contributed by atoms with E-state index < -0.39 is 17.7 Å². The maximum atomic E-state index is 14.1. The smallest absolute Gasteiger partial charge is 0.301 e. The Hall–Kier alpha value is -4.22. The molecule has 1 amide bonds. The van der Waals surface area contributed by atoms with Gasteiger partial charge in [-0.05, 0) is 60.0 Å². The number of ketones is 1. The van der Waals surface area contributed by atoms with Gasteiger partial charge in [-0.2, -0.15) is 0 Å². The molecule has 1 fully saturated rings. The molecule has 0 aliphatic carbocycles. The Morgan fingerprint density at radius 1 is 1.15 bits per heavy atom. The third-order valence-electron chi connectivity index (χ3n) is 6.96. The van der Waals surface area contributed by atoms with E-state index in [1.54, 1.807) is 67.8 Å². The number of aliphatic hydroxyl groups is 1. The first kappa shape index (κ1) is 27.0. The van der Waals surface area contributed by atoms with Crippen molar-refractivity contribution in [1.82, 2.24) is 10.2 Å². The number of carbonyl (C=O) groups excluding carboxylic acids is 2. The average molecular weight is 590 g/mol. The van der Waals surface area contributed by atoms with Gasteiger partial charge in [-0.15, -0.1) is 10.2 Å². The topological polar surface area (TPSA) is 102 Å². The van der Waals surface area contributed by atoms with Crippen molar-refractivity contribution < 1.29 is 28.6 Å². The lowest BCUT2D eigenvalue weighted by Gasteiger charge is -2.22. The number of hydrogen-bond donors (Lipinski definition) is 1. The predicted molar refractivity (Wildman–Crippen MR) is 154 cm³/mol. The SMILES string of the molecule is COc1ccc(C2/C(=C(\O)c3ccc4c(c3)CC(C)O4)C(=O)C(=O)N2c2nnc(SCc3ccccc3F)s2)cc1. The van der Waals surface area contributed by atoms with E-state index in [1.165, 1.54) is 22.7 Å². The maximum absolute atomic E-state index is 14.1. The van der Waals surface area contributed by atoms with Gasteiger partial charge in [0, 0.05) is 17.7 Å². The van der Waals surface area contributed by atoms with E-state index in [0.29, 0.717) is 39.0 Å². The number of fused-ring (bicyclic) bond motifs is 1. The summed E-state index contributed by atoms with van der Waals surface area (Å²) in [6.45, 7) is 1.96. The average Bonchev–Trinajstić information content (AvgIpc) is 3.67. The van der Waals surface area contributed by atoms with Gasteiger partial charge in [-0.3, -0.25) is 14.5 Å². The molecule has 4 aromatic rings. The van der Waals surface area contributed by atoms with Crippen LogP contribution in [0.15, 0.2) is 76.6 Å². The fraction of sp³-hybridized carbons (Fsp3) is 0.200. The van der Waals surface area contributed by atoms with Crippen LogP contribution in [0.1, 0.15) is 35.2 Å². The van der Waals surface area contributed by atoms with E-state index >= 15 is 0 Å². The molecule has 2 aliphatic heterocycles. The molecule has 2 aliphatic rings. The molecule has 0 radical (unpaired) electrons. The Morgan fingerprint density at radius 2 is 1.93 bits per heavy atom. The van der Waals surface area contributed by atoms with Crippen molar-refractivity contribution >= 4 is 45.7 Å². The third-order valence-corrected chi connectivity index (χ3v) is 9.06. The molecule has 0 saturated carbocycles. The Bertz CT molecular complexity index is 1690. The highest BCUT2D eigenvalue weighted by Crippen LogP contribution is 2.45. The van der Waals surface area contributed by atoms with Gasteiger partial charge in [-0.25, -0.2) is 4.39 Å². The summed E-state index contributed by atoms with van der Waals surface area (Å²) in [4.78, 5) is 28.3. The highest BCUT2D eigenvalue weighted by molar-refractivity contribution is 8.00. The first-order valence-corrected chi connectivity index (χ1v) is 14.6. The monoisotopic (exact) mass is 589 g/mol. The number of carbonyl (C=O) groups is 2. The zero-order valence-electron chi connectivity index (χ0n) is 22.0. The molecule has 1 N–H and O–H groups in total. The molecule has 3 heterocycles. The zero-order valence-corrected chi connectivity index (χ0v) is 23.7. The summed E-state index contributed by atoms with van der Waals surface area (Å²) in [5, 5.41) is 20.1. The molecule has 208 valence electrons. The highest BCUT2D eigenvalue weighted by Gasteiger charge is 2.48. The van der Waals surface area contributed by atoms with E-state index in [9.17, 15) is 19.1 Å². The molecule has 2 atom stereocenters. The minimum absolute atomic E-state index is 0.00938. The first-order valence-electron chi connectivity index (χ1n) is 12.8. The van der Waals surface area contributed by atoms with Crippen LogP contribution in [0.2, 0.25) is 0 Å². The van der Waals surface area contributed by atoms with Crippen molar-refractivity contribution in [1.29, 1.82) is 0 Å². The lowest BCUT2D eigenvalue weighted by atomic mass is 9.94.